The van der Waals surface area contributed by atoms with Gasteiger partial charge in [0.25, 0.3) is 0 Å². The number of rotatable bonds is 3. The lowest BCUT2D eigenvalue weighted by molar-refractivity contribution is 0.205. The predicted molar refractivity (Wildman–Crippen MR) is 75.9 cm³/mol. The molecule has 0 aliphatic heterocycles. The maximum absolute atomic E-state index is 10.5. The van der Waals surface area contributed by atoms with Gasteiger partial charge in [0.05, 0.1) is 11.0 Å². The first-order valence-electron chi connectivity index (χ1n) is 6.49. The highest BCUT2D eigenvalue weighted by atomic mass is 16.3. The molecule has 0 aliphatic rings. The molecule has 0 spiro atoms. The standard InChI is InChI=1S/C16H16N2O/c1-2-18-14-11-7-6-10-13(14)17-16(18)15(19)12-8-4-3-5-9-12/h3-11,15,19H,2H2,1H3/t15-/m0/s1. The van der Waals surface area contributed by atoms with Gasteiger partial charge in [-0.15, -0.1) is 0 Å². The molecule has 0 fully saturated rings. The van der Waals surface area contributed by atoms with E-state index in [0.29, 0.717) is 5.82 Å². The minimum atomic E-state index is -0.687. The van der Waals surface area contributed by atoms with Crippen molar-refractivity contribution in [3.8, 4) is 0 Å². The molecule has 0 unspecified atom stereocenters. The van der Waals surface area contributed by atoms with Crippen LogP contribution < -0.4 is 0 Å². The molecule has 0 saturated heterocycles. The van der Waals surface area contributed by atoms with Crippen molar-refractivity contribution in [2.24, 2.45) is 0 Å². The van der Waals surface area contributed by atoms with Crippen LogP contribution in [0.2, 0.25) is 0 Å². The minimum absolute atomic E-state index is 0.687. The van der Waals surface area contributed by atoms with E-state index in [4.69, 9.17) is 0 Å². The second kappa shape index (κ2) is 4.86. The summed E-state index contributed by atoms with van der Waals surface area (Å²) >= 11 is 0. The molecule has 1 heterocycles. The number of benzene rings is 2. The van der Waals surface area contributed by atoms with Crippen LogP contribution in [-0.4, -0.2) is 14.7 Å². The van der Waals surface area contributed by atoms with Crippen molar-refractivity contribution in [2.45, 2.75) is 19.6 Å². The monoisotopic (exact) mass is 252 g/mol. The zero-order valence-corrected chi connectivity index (χ0v) is 10.8. The normalized spacial score (nSPS) is 12.7. The van der Waals surface area contributed by atoms with Gasteiger partial charge in [-0.1, -0.05) is 42.5 Å². The van der Waals surface area contributed by atoms with Crippen LogP contribution in [-0.2, 0) is 6.54 Å². The highest BCUT2D eigenvalue weighted by molar-refractivity contribution is 5.76. The van der Waals surface area contributed by atoms with Crippen LogP contribution in [0.3, 0.4) is 0 Å². The summed E-state index contributed by atoms with van der Waals surface area (Å²) in [7, 11) is 0. The molecule has 3 rings (SSSR count). The number of aliphatic hydroxyl groups excluding tert-OH is 1. The van der Waals surface area contributed by atoms with Gasteiger partial charge in [0.15, 0.2) is 0 Å². The number of aryl methyl sites for hydroxylation is 1. The summed E-state index contributed by atoms with van der Waals surface area (Å²) in [6, 6.07) is 17.6. The quantitative estimate of drug-likeness (QED) is 0.777. The van der Waals surface area contributed by atoms with E-state index in [-0.39, 0.29) is 0 Å². The van der Waals surface area contributed by atoms with Crippen LogP contribution in [0, 0.1) is 0 Å². The van der Waals surface area contributed by atoms with Gasteiger partial charge in [-0.25, -0.2) is 4.98 Å². The number of aliphatic hydroxyl groups is 1. The molecule has 0 radical (unpaired) electrons. The van der Waals surface area contributed by atoms with Gasteiger partial charge in [0, 0.05) is 6.54 Å². The van der Waals surface area contributed by atoms with Gasteiger partial charge in [0.2, 0.25) is 0 Å². The molecule has 0 amide bonds. The summed E-state index contributed by atoms with van der Waals surface area (Å²) in [5.74, 6) is 0.704. The predicted octanol–water partition coefficient (Wildman–Crippen LogP) is 3.14. The number of para-hydroxylation sites is 2. The van der Waals surface area contributed by atoms with Crippen LogP contribution in [0.1, 0.15) is 24.4 Å². The molecule has 3 heteroatoms. The molecule has 3 nitrogen and oxygen atoms in total. The van der Waals surface area contributed by atoms with Crippen molar-refractivity contribution in [1.29, 1.82) is 0 Å². The lowest BCUT2D eigenvalue weighted by atomic mass is 10.1. The average Bonchev–Trinajstić information content (AvgIpc) is 2.85. The number of aromatic nitrogens is 2. The first kappa shape index (κ1) is 11.9. The summed E-state index contributed by atoms with van der Waals surface area (Å²) in [6.45, 7) is 2.86. The molecule has 2 aromatic carbocycles. The van der Waals surface area contributed by atoms with E-state index in [1.807, 2.05) is 54.6 Å². The van der Waals surface area contributed by atoms with Gasteiger partial charge in [0.1, 0.15) is 11.9 Å². The van der Waals surface area contributed by atoms with Gasteiger partial charge >= 0.3 is 0 Å². The van der Waals surface area contributed by atoms with Crippen molar-refractivity contribution in [3.63, 3.8) is 0 Å². The van der Waals surface area contributed by atoms with Crippen molar-refractivity contribution in [3.05, 3.63) is 66.0 Å². The topological polar surface area (TPSA) is 38.0 Å². The molecule has 1 aromatic heterocycles. The third-order valence-electron chi connectivity index (χ3n) is 3.36. The molecule has 19 heavy (non-hydrogen) atoms. The summed E-state index contributed by atoms with van der Waals surface area (Å²) in [4.78, 5) is 4.57. The molecule has 3 aromatic rings. The van der Waals surface area contributed by atoms with Gasteiger partial charge in [-0.05, 0) is 24.6 Å². The molecule has 1 atom stereocenters. The number of nitrogens with zero attached hydrogens (tertiary/aromatic N) is 2. The largest absolute Gasteiger partial charge is 0.380 e. The molecule has 1 N–H and O–H groups in total. The van der Waals surface area contributed by atoms with E-state index >= 15 is 0 Å². The summed E-state index contributed by atoms with van der Waals surface area (Å²) < 4.78 is 2.06. The zero-order valence-electron chi connectivity index (χ0n) is 10.8. The Bertz CT molecular complexity index is 688. The van der Waals surface area contributed by atoms with Crippen LogP contribution in [0.4, 0.5) is 0 Å². The van der Waals surface area contributed by atoms with E-state index in [1.165, 1.54) is 0 Å². The van der Waals surface area contributed by atoms with E-state index in [0.717, 1.165) is 23.1 Å². The lowest BCUT2D eigenvalue weighted by Gasteiger charge is -2.12. The maximum Gasteiger partial charge on any atom is 0.143 e. The number of hydrogen-bond acceptors (Lipinski definition) is 2. The van der Waals surface area contributed by atoms with Crippen LogP contribution in [0.5, 0.6) is 0 Å². The van der Waals surface area contributed by atoms with E-state index in [2.05, 4.69) is 16.5 Å². The smallest absolute Gasteiger partial charge is 0.143 e. The number of fused-ring (bicyclic) bond motifs is 1. The Hall–Kier alpha value is -2.13. The van der Waals surface area contributed by atoms with Crippen molar-refractivity contribution in [1.82, 2.24) is 9.55 Å². The Morgan fingerprint density at radius 2 is 1.74 bits per heavy atom. The second-order valence-electron chi connectivity index (χ2n) is 4.52. The van der Waals surface area contributed by atoms with Crippen LogP contribution in [0.25, 0.3) is 11.0 Å². The van der Waals surface area contributed by atoms with E-state index in [1.54, 1.807) is 0 Å². The second-order valence-corrected chi connectivity index (χ2v) is 4.52. The first-order valence-corrected chi connectivity index (χ1v) is 6.49. The number of hydrogen-bond donors (Lipinski definition) is 1. The lowest BCUT2D eigenvalue weighted by Crippen LogP contribution is -2.09. The summed E-state index contributed by atoms with van der Waals surface area (Å²) in [5.41, 5.74) is 2.86. The fourth-order valence-corrected chi connectivity index (χ4v) is 2.42. The van der Waals surface area contributed by atoms with E-state index < -0.39 is 6.10 Å². The van der Waals surface area contributed by atoms with Crippen molar-refractivity contribution in [2.75, 3.05) is 0 Å². The highest BCUT2D eigenvalue weighted by Gasteiger charge is 2.18. The molecule has 0 saturated carbocycles. The summed E-state index contributed by atoms with van der Waals surface area (Å²) in [5, 5.41) is 10.5. The van der Waals surface area contributed by atoms with Gasteiger partial charge < -0.3 is 9.67 Å². The number of imidazole rings is 1. The Morgan fingerprint density at radius 3 is 2.47 bits per heavy atom. The fourth-order valence-electron chi connectivity index (χ4n) is 2.42. The molecule has 96 valence electrons. The molecular weight excluding hydrogens is 236 g/mol. The fraction of sp³-hybridized carbons (Fsp3) is 0.188. The van der Waals surface area contributed by atoms with Crippen molar-refractivity contribution < 1.29 is 5.11 Å². The minimum Gasteiger partial charge on any atom is -0.380 e. The van der Waals surface area contributed by atoms with Crippen LogP contribution in [0.15, 0.2) is 54.6 Å². The summed E-state index contributed by atoms with van der Waals surface area (Å²) in [6.07, 6.45) is -0.687. The Balaban J connectivity index is 2.14. The molecular formula is C16H16N2O. The average molecular weight is 252 g/mol. The third-order valence-corrected chi connectivity index (χ3v) is 3.36. The third kappa shape index (κ3) is 2.02. The highest BCUT2D eigenvalue weighted by Crippen LogP contribution is 2.25. The van der Waals surface area contributed by atoms with Gasteiger partial charge in [-0.3, -0.25) is 0 Å². The Kier molecular flexibility index (Phi) is 3.05. The first-order chi connectivity index (χ1) is 9.31. The Morgan fingerprint density at radius 1 is 1.05 bits per heavy atom. The Labute approximate surface area is 112 Å². The SMILES string of the molecule is CCn1c([C@@H](O)c2ccccc2)nc2ccccc21. The van der Waals surface area contributed by atoms with Crippen molar-refractivity contribution >= 4 is 11.0 Å². The van der Waals surface area contributed by atoms with E-state index in [9.17, 15) is 5.11 Å². The maximum atomic E-state index is 10.5. The van der Waals surface area contributed by atoms with Crippen LogP contribution >= 0.6 is 0 Å². The molecule has 0 aliphatic carbocycles. The zero-order chi connectivity index (χ0) is 13.2. The van der Waals surface area contributed by atoms with Gasteiger partial charge in [-0.2, -0.15) is 0 Å². The molecule has 0 bridgehead atoms.